The van der Waals surface area contributed by atoms with E-state index in [2.05, 4.69) is 96.0 Å². The van der Waals surface area contributed by atoms with Crippen molar-refractivity contribution in [3.63, 3.8) is 0 Å². The van der Waals surface area contributed by atoms with Crippen molar-refractivity contribution in [3.05, 3.63) is 103 Å². The lowest BCUT2D eigenvalue weighted by atomic mass is 9.97. The number of nitrogens with one attached hydrogen (secondary N) is 1. The molecule has 2 nitrogen and oxygen atoms in total. The van der Waals surface area contributed by atoms with Gasteiger partial charge in [-0.3, -0.25) is 0 Å². The lowest BCUT2D eigenvalue weighted by Gasteiger charge is -2.12. The molecular formula is C27H18N2. The zero-order valence-electron chi connectivity index (χ0n) is 15.8. The Bertz CT molecular complexity index is 1480. The second-order valence-electron chi connectivity index (χ2n) is 7.37. The Hall–Kier alpha value is -3.91. The molecule has 6 aromatic rings. The predicted molar refractivity (Wildman–Crippen MR) is 122 cm³/mol. The van der Waals surface area contributed by atoms with Gasteiger partial charge in [0.25, 0.3) is 0 Å². The average molecular weight is 370 g/mol. The van der Waals surface area contributed by atoms with Crippen LogP contribution in [0, 0.1) is 0 Å². The second kappa shape index (κ2) is 6.32. The number of hydrogen-bond donors (Lipinski definition) is 1. The van der Waals surface area contributed by atoms with Gasteiger partial charge in [-0.2, -0.15) is 0 Å². The molecule has 2 heterocycles. The van der Waals surface area contributed by atoms with Crippen molar-refractivity contribution in [1.29, 1.82) is 0 Å². The highest BCUT2D eigenvalue weighted by molar-refractivity contribution is 6.13. The molecule has 6 rings (SSSR count). The second-order valence-corrected chi connectivity index (χ2v) is 7.37. The summed E-state index contributed by atoms with van der Waals surface area (Å²) in [5, 5.41) is 3.57. The van der Waals surface area contributed by atoms with Gasteiger partial charge in [0, 0.05) is 27.4 Å². The van der Waals surface area contributed by atoms with Crippen LogP contribution in [0.25, 0.3) is 55.1 Å². The van der Waals surface area contributed by atoms with E-state index in [1.54, 1.807) is 0 Å². The third kappa shape index (κ3) is 2.61. The molecule has 2 heteroatoms. The monoisotopic (exact) mass is 370 g/mol. The van der Waals surface area contributed by atoms with Crippen molar-refractivity contribution in [2.24, 2.45) is 0 Å². The van der Waals surface area contributed by atoms with Crippen molar-refractivity contribution < 1.29 is 0 Å². The van der Waals surface area contributed by atoms with E-state index in [1.807, 2.05) is 12.1 Å². The maximum absolute atomic E-state index is 4.87. The van der Waals surface area contributed by atoms with Crippen molar-refractivity contribution in [2.45, 2.75) is 0 Å². The minimum Gasteiger partial charge on any atom is -0.354 e. The largest absolute Gasteiger partial charge is 0.354 e. The molecule has 0 aliphatic carbocycles. The van der Waals surface area contributed by atoms with Gasteiger partial charge >= 0.3 is 0 Å². The summed E-state index contributed by atoms with van der Waals surface area (Å²) in [7, 11) is 0. The van der Waals surface area contributed by atoms with E-state index in [1.165, 1.54) is 32.8 Å². The Labute approximate surface area is 168 Å². The molecule has 0 bridgehead atoms. The molecule has 0 saturated heterocycles. The van der Waals surface area contributed by atoms with E-state index < -0.39 is 0 Å². The third-order valence-electron chi connectivity index (χ3n) is 5.59. The summed E-state index contributed by atoms with van der Waals surface area (Å²) >= 11 is 0. The summed E-state index contributed by atoms with van der Waals surface area (Å²) in [5.74, 6) is 0. The maximum atomic E-state index is 4.87. The van der Waals surface area contributed by atoms with Crippen LogP contribution in [-0.2, 0) is 0 Å². The lowest BCUT2D eigenvalue weighted by Crippen LogP contribution is -1.90. The minimum atomic E-state index is 1.04. The summed E-state index contributed by atoms with van der Waals surface area (Å²) in [6.07, 6.45) is 0. The van der Waals surface area contributed by atoms with E-state index in [4.69, 9.17) is 4.98 Å². The summed E-state index contributed by atoms with van der Waals surface area (Å²) < 4.78 is 0. The highest BCUT2D eigenvalue weighted by Gasteiger charge is 2.12. The molecule has 0 aliphatic rings. The van der Waals surface area contributed by atoms with Crippen LogP contribution in [0.1, 0.15) is 0 Å². The summed E-state index contributed by atoms with van der Waals surface area (Å²) in [6.45, 7) is 0. The van der Waals surface area contributed by atoms with E-state index in [-0.39, 0.29) is 0 Å². The maximum Gasteiger partial charge on any atom is 0.0724 e. The molecule has 0 fully saturated rings. The van der Waals surface area contributed by atoms with Gasteiger partial charge < -0.3 is 4.98 Å². The summed E-state index contributed by atoms with van der Waals surface area (Å²) in [4.78, 5) is 8.54. The number of H-pyrrole nitrogens is 1. The number of benzene rings is 4. The summed E-state index contributed by atoms with van der Waals surface area (Å²) in [5.41, 5.74) is 7.92. The quantitative estimate of drug-likeness (QED) is 0.343. The Morgan fingerprint density at radius 3 is 2.00 bits per heavy atom. The van der Waals surface area contributed by atoms with E-state index >= 15 is 0 Å². The summed E-state index contributed by atoms with van der Waals surface area (Å²) in [6, 6.07) is 36.1. The number of nitrogens with zero attached hydrogens (tertiary/aromatic N) is 1. The van der Waals surface area contributed by atoms with Crippen LogP contribution in [0.3, 0.4) is 0 Å². The van der Waals surface area contributed by atoms with Crippen LogP contribution in [0.2, 0.25) is 0 Å². The van der Waals surface area contributed by atoms with Crippen LogP contribution < -0.4 is 0 Å². The number of rotatable bonds is 2. The molecule has 4 aromatic carbocycles. The average Bonchev–Trinajstić information content (AvgIpc) is 3.15. The third-order valence-corrected chi connectivity index (χ3v) is 5.59. The number of hydrogen-bond acceptors (Lipinski definition) is 1. The number of para-hydroxylation sites is 1. The van der Waals surface area contributed by atoms with Crippen LogP contribution in [-0.4, -0.2) is 9.97 Å². The van der Waals surface area contributed by atoms with Crippen molar-refractivity contribution in [1.82, 2.24) is 9.97 Å². The van der Waals surface area contributed by atoms with Gasteiger partial charge in [0.05, 0.1) is 11.0 Å². The fourth-order valence-corrected chi connectivity index (χ4v) is 4.18. The van der Waals surface area contributed by atoms with Gasteiger partial charge in [-0.15, -0.1) is 0 Å². The normalized spacial score (nSPS) is 11.4. The highest BCUT2D eigenvalue weighted by atomic mass is 14.7. The first-order chi connectivity index (χ1) is 14.4. The molecule has 0 aliphatic heterocycles. The van der Waals surface area contributed by atoms with Gasteiger partial charge in [0.15, 0.2) is 0 Å². The molecule has 0 atom stereocenters. The van der Waals surface area contributed by atoms with Crippen LogP contribution >= 0.6 is 0 Å². The van der Waals surface area contributed by atoms with Gasteiger partial charge in [-0.05, 0) is 41.0 Å². The SMILES string of the molecule is c1ccc(-c2cc(-c3ccccc3)c3cc4nc5ccccc5c4cc3[nH]2)cc1. The first kappa shape index (κ1) is 16.1. The van der Waals surface area contributed by atoms with Crippen LogP contribution in [0.5, 0.6) is 0 Å². The van der Waals surface area contributed by atoms with E-state index in [9.17, 15) is 0 Å². The van der Waals surface area contributed by atoms with E-state index in [0.29, 0.717) is 0 Å². The molecule has 0 amide bonds. The number of fused-ring (bicyclic) bond motifs is 4. The molecule has 0 spiro atoms. The Morgan fingerprint density at radius 2 is 1.21 bits per heavy atom. The molecular weight excluding hydrogens is 352 g/mol. The lowest BCUT2D eigenvalue weighted by molar-refractivity contribution is 1.40. The first-order valence-electron chi connectivity index (χ1n) is 9.83. The number of pyridine rings is 1. The predicted octanol–water partition coefficient (Wildman–Crippen LogP) is 7.20. The molecule has 29 heavy (non-hydrogen) atoms. The molecule has 0 unspecified atom stereocenters. The smallest absolute Gasteiger partial charge is 0.0724 e. The minimum absolute atomic E-state index is 1.04. The Balaban J connectivity index is 1.73. The fraction of sp³-hybridized carbons (Fsp3) is 0. The van der Waals surface area contributed by atoms with Gasteiger partial charge in [0.2, 0.25) is 0 Å². The number of aromatic nitrogens is 2. The zero-order valence-corrected chi connectivity index (χ0v) is 15.8. The van der Waals surface area contributed by atoms with Crippen molar-refractivity contribution in [2.75, 3.05) is 0 Å². The highest BCUT2D eigenvalue weighted by Crippen LogP contribution is 2.36. The molecule has 136 valence electrons. The molecule has 0 saturated carbocycles. The first-order valence-corrected chi connectivity index (χ1v) is 9.83. The molecule has 0 radical (unpaired) electrons. The molecule has 2 aromatic heterocycles. The Kier molecular flexibility index (Phi) is 3.50. The van der Waals surface area contributed by atoms with Crippen molar-refractivity contribution >= 4 is 32.7 Å². The zero-order chi connectivity index (χ0) is 19.2. The fourth-order valence-electron chi connectivity index (χ4n) is 4.18. The Morgan fingerprint density at radius 1 is 0.517 bits per heavy atom. The topological polar surface area (TPSA) is 28.7 Å². The van der Waals surface area contributed by atoms with Crippen LogP contribution in [0.15, 0.2) is 103 Å². The van der Waals surface area contributed by atoms with Gasteiger partial charge in [0.1, 0.15) is 0 Å². The van der Waals surface area contributed by atoms with Gasteiger partial charge in [-0.1, -0.05) is 78.9 Å². The van der Waals surface area contributed by atoms with Crippen LogP contribution in [0.4, 0.5) is 0 Å². The standard InChI is InChI=1S/C27H18N2/c1-3-9-18(10-4-1)21-15-25(19-11-5-2-6-12-19)29-27-16-22-20-13-7-8-14-24(20)28-26(22)17-23(21)27/h1-17,29H. The van der Waals surface area contributed by atoms with Gasteiger partial charge in [-0.25, -0.2) is 4.98 Å². The van der Waals surface area contributed by atoms with Crippen molar-refractivity contribution in [3.8, 4) is 22.4 Å². The molecule has 1 N–H and O–H groups in total. The number of aromatic amines is 1. The van der Waals surface area contributed by atoms with E-state index in [0.717, 1.165) is 22.2 Å².